The molecule has 0 heterocycles. The van der Waals surface area contributed by atoms with E-state index in [1.54, 1.807) is 7.11 Å². The first-order chi connectivity index (χ1) is 7.65. The van der Waals surface area contributed by atoms with Crippen LogP contribution in [0.1, 0.15) is 24.3 Å². The van der Waals surface area contributed by atoms with Gasteiger partial charge in [0, 0.05) is 18.2 Å². The van der Waals surface area contributed by atoms with Gasteiger partial charge in [-0.1, -0.05) is 28.1 Å². The zero-order valence-corrected chi connectivity index (χ0v) is 10.7. The summed E-state index contributed by atoms with van der Waals surface area (Å²) in [6, 6.07) is 7.44. The molecule has 1 atom stereocenters. The van der Waals surface area contributed by atoms with Crippen molar-refractivity contribution >= 4 is 21.9 Å². The number of aliphatic carboxylic acids is 1. The average Bonchev–Trinajstić information content (AvgIpc) is 2.24. The van der Waals surface area contributed by atoms with Gasteiger partial charge in [-0.2, -0.15) is 0 Å². The summed E-state index contributed by atoms with van der Waals surface area (Å²) < 4.78 is 5.83. The Balaban J connectivity index is 2.73. The third kappa shape index (κ3) is 3.94. The van der Waals surface area contributed by atoms with E-state index >= 15 is 0 Å². The van der Waals surface area contributed by atoms with Crippen LogP contribution in [0.2, 0.25) is 0 Å². The van der Waals surface area contributed by atoms with E-state index in [9.17, 15) is 4.79 Å². The number of carboxylic acid groups (broad SMARTS) is 1. The number of benzene rings is 1. The minimum atomic E-state index is -0.783. The Morgan fingerprint density at radius 1 is 1.56 bits per heavy atom. The highest BCUT2D eigenvalue weighted by Gasteiger charge is 2.19. The predicted molar refractivity (Wildman–Crippen MR) is 65.6 cm³/mol. The minimum Gasteiger partial charge on any atom is -0.481 e. The fourth-order valence-electron chi connectivity index (χ4n) is 1.59. The van der Waals surface area contributed by atoms with Crippen LogP contribution in [-0.2, 0) is 9.53 Å². The molecule has 0 spiro atoms. The molecule has 1 aromatic rings. The molecule has 0 bridgehead atoms. The Morgan fingerprint density at radius 3 is 2.88 bits per heavy atom. The predicted octanol–water partition coefficient (Wildman–Crippen LogP) is 3.04. The summed E-state index contributed by atoms with van der Waals surface area (Å²) in [5, 5.41) is 9.16. The fraction of sp³-hybridized carbons (Fsp3) is 0.417. The molecule has 0 radical (unpaired) electrons. The van der Waals surface area contributed by atoms with E-state index in [0.29, 0.717) is 13.0 Å². The van der Waals surface area contributed by atoms with E-state index in [1.807, 2.05) is 24.3 Å². The van der Waals surface area contributed by atoms with E-state index in [2.05, 4.69) is 15.9 Å². The van der Waals surface area contributed by atoms with E-state index in [1.165, 1.54) is 0 Å². The van der Waals surface area contributed by atoms with Crippen molar-refractivity contribution < 1.29 is 14.6 Å². The van der Waals surface area contributed by atoms with Gasteiger partial charge in [0.15, 0.2) is 0 Å². The number of ether oxygens (including phenoxy) is 1. The molecule has 0 amide bonds. The SMILES string of the molecule is COCCCC(C(=O)O)c1cccc(Br)c1. The van der Waals surface area contributed by atoms with Crippen LogP contribution >= 0.6 is 15.9 Å². The van der Waals surface area contributed by atoms with E-state index in [0.717, 1.165) is 16.5 Å². The Morgan fingerprint density at radius 2 is 2.31 bits per heavy atom. The lowest BCUT2D eigenvalue weighted by atomic mass is 9.94. The molecule has 1 N–H and O–H groups in total. The third-order valence-corrected chi connectivity index (χ3v) is 2.88. The molecule has 88 valence electrons. The van der Waals surface area contributed by atoms with Crippen LogP contribution < -0.4 is 0 Å². The van der Waals surface area contributed by atoms with Gasteiger partial charge in [-0.3, -0.25) is 4.79 Å². The number of carboxylic acids is 1. The molecule has 0 saturated heterocycles. The highest BCUT2D eigenvalue weighted by atomic mass is 79.9. The summed E-state index contributed by atoms with van der Waals surface area (Å²) >= 11 is 3.34. The molecule has 0 aliphatic carbocycles. The number of hydrogen-bond acceptors (Lipinski definition) is 2. The van der Waals surface area contributed by atoms with Gasteiger partial charge in [-0.15, -0.1) is 0 Å². The molecule has 0 saturated carbocycles. The first-order valence-corrected chi connectivity index (χ1v) is 5.91. The molecule has 0 aromatic heterocycles. The summed E-state index contributed by atoms with van der Waals surface area (Å²) in [5.74, 6) is -1.23. The molecule has 1 aromatic carbocycles. The Kier molecular flexibility index (Phi) is 5.49. The average molecular weight is 287 g/mol. The first-order valence-electron chi connectivity index (χ1n) is 5.12. The summed E-state index contributed by atoms with van der Waals surface area (Å²) in [4.78, 5) is 11.1. The molecule has 0 aliphatic rings. The van der Waals surface area contributed by atoms with E-state index < -0.39 is 11.9 Å². The van der Waals surface area contributed by atoms with Gasteiger partial charge in [0.2, 0.25) is 0 Å². The Hall–Kier alpha value is -0.870. The standard InChI is InChI=1S/C12H15BrO3/c1-16-7-3-6-11(12(14)15)9-4-2-5-10(13)8-9/h2,4-5,8,11H,3,6-7H2,1H3,(H,14,15). The summed E-state index contributed by atoms with van der Waals surface area (Å²) in [6.45, 7) is 0.595. The molecular weight excluding hydrogens is 272 g/mol. The van der Waals surface area contributed by atoms with Crippen molar-refractivity contribution in [3.63, 3.8) is 0 Å². The lowest BCUT2D eigenvalue weighted by Gasteiger charge is -2.12. The number of rotatable bonds is 6. The molecule has 4 heteroatoms. The Labute approximate surface area is 104 Å². The quantitative estimate of drug-likeness (QED) is 0.818. The van der Waals surface area contributed by atoms with Gasteiger partial charge >= 0.3 is 5.97 Å². The van der Waals surface area contributed by atoms with Gasteiger partial charge in [-0.05, 0) is 30.5 Å². The van der Waals surface area contributed by atoms with Crippen LogP contribution in [0, 0.1) is 0 Å². The minimum absolute atomic E-state index is 0.451. The van der Waals surface area contributed by atoms with Gasteiger partial charge in [0.25, 0.3) is 0 Å². The van der Waals surface area contributed by atoms with Crippen LogP contribution in [0.4, 0.5) is 0 Å². The lowest BCUT2D eigenvalue weighted by molar-refractivity contribution is -0.139. The zero-order chi connectivity index (χ0) is 12.0. The van der Waals surface area contributed by atoms with Crippen LogP contribution in [0.5, 0.6) is 0 Å². The van der Waals surface area contributed by atoms with Crippen molar-refractivity contribution in [2.75, 3.05) is 13.7 Å². The molecule has 0 aliphatic heterocycles. The van der Waals surface area contributed by atoms with Crippen molar-refractivity contribution in [2.24, 2.45) is 0 Å². The third-order valence-electron chi connectivity index (χ3n) is 2.39. The van der Waals surface area contributed by atoms with Crippen molar-refractivity contribution in [1.29, 1.82) is 0 Å². The second kappa shape index (κ2) is 6.66. The second-order valence-electron chi connectivity index (χ2n) is 3.58. The first kappa shape index (κ1) is 13.2. The number of methoxy groups -OCH3 is 1. The van der Waals surface area contributed by atoms with Crippen LogP contribution in [0.3, 0.4) is 0 Å². The van der Waals surface area contributed by atoms with Crippen molar-refractivity contribution in [2.45, 2.75) is 18.8 Å². The molecule has 1 unspecified atom stereocenters. The Bertz CT molecular complexity index is 352. The molecule has 3 nitrogen and oxygen atoms in total. The smallest absolute Gasteiger partial charge is 0.310 e. The zero-order valence-electron chi connectivity index (χ0n) is 9.15. The summed E-state index contributed by atoms with van der Waals surface area (Å²) in [7, 11) is 1.62. The molecule has 16 heavy (non-hydrogen) atoms. The highest BCUT2D eigenvalue weighted by Crippen LogP contribution is 2.24. The van der Waals surface area contributed by atoms with Crippen LogP contribution in [-0.4, -0.2) is 24.8 Å². The maximum atomic E-state index is 11.1. The summed E-state index contributed by atoms with van der Waals surface area (Å²) in [6.07, 6.45) is 1.35. The second-order valence-corrected chi connectivity index (χ2v) is 4.50. The van der Waals surface area contributed by atoms with Crippen molar-refractivity contribution in [3.05, 3.63) is 34.3 Å². The maximum absolute atomic E-state index is 11.1. The molecule has 1 rings (SSSR count). The van der Waals surface area contributed by atoms with E-state index in [4.69, 9.17) is 9.84 Å². The van der Waals surface area contributed by atoms with Gasteiger partial charge < -0.3 is 9.84 Å². The maximum Gasteiger partial charge on any atom is 0.310 e. The monoisotopic (exact) mass is 286 g/mol. The van der Waals surface area contributed by atoms with Crippen molar-refractivity contribution in [3.8, 4) is 0 Å². The normalized spacial score (nSPS) is 12.4. The van der Waals surface area contributed by atoms with Crippen LogP contribution in [0.15, 0.2) is 28.7 Å². The van der Waals surface area contributed by atoms with E-state index in [-0.39, 0.29) is 0 Å². The number of halogens is 1. The largest absolute Gasteiger partial charge is 0.481 e. The molecular formula is C12H15BrO3. The van der Waals surface area contributed by atoms with Gasteiger partial charge in [-0.25, -0.2) is 0 Å². The van der Waals surface area contributed by atoms with Crippen LogP contribution in [0.25, 0.3) is 0 Å². The topological polar surface area (TPSA) is 46.5 Å². The summed E-state index contributed by atoms with van der Waals surface area (Å²) in [5.41, 5.74) is 0.831. The molecule has 0 fully saturated rings. The highest BCUT2D eigenvalue weighted by molar-refractivity contribution is 9.10. The van der Waals surface area contributed by atoms with Crippen molar-refractivity contribution in [1.82, 2.24) is 0 Å². The number of hydrogen-bond donors (Lipinski definition) is 1. The number of carbonyl (C=O) groups is 1. The van der Waals surface area contributed by atoms with Gasteiger partial charge in [0.05, 0.1) is 5.92 Å². The fourth-order valence-corrected chi connectivity index (χ4v) is 2.00. The van der Waals surface area contributed by atoms with Gasteiger partial charge in [0.1, 0.15) is 0 Å². The lowest BCUT2D eigenvalue weighted by Crippen LogP contribution is -2.12.